The number of benzene rings is 4. The lowest BCUT2D eigenvalue weighted by Gasteiger charge is -2.39. The van der Waals surface area contributed by atoms with Crippen LogP contribution in [0.25, 0.3) is 11.1 Å². The Hall–Kier alpha value is -4.98. The Kier molecular flexibility index (Phi) is 7.45. The lowest BCUT2D eigenvalue weighted by atomic mass is 9.74. The highest BCUT2D eigenvalue weighted by Gasteiger charge is 2.44. The van der Waals surface area contributed by atoms with Crippen LogP contribution in [0.3, 0.4) is 0 Å². The topological polar surface area (TPSA) is 117 Å². The molecule has 2 aliphatic rings. The number of hydrogen-bond acceptors (Lipinski definition) is 6. The molecule has 0 radical (unpaired) electrons. The van der Waals surface area contributed by atoms with Crippen molar-refractivity contribution in [1.29, 1.82) is 0 Å². The summed E-state index contributed by atoms with van der Waals surface area (Å²) in [7, 11) is 1.51. The molecule has 1 aliphatic heterocycles. The van der Waals surface area contributed by atoms with Crippen LogP contribution >= 0.6 is 0 Å². The van der Waals surface area contributed by atoms with E-state index in [1.54, 1.807) is 30.3 Å². The second-order valence-electron chi connectivity index (χ2n) is 12.4. The van der Waals surface area contributed by atoms with Crippen LogP contribution in [0.15, 0.2) is 78.9 Å². The molecule has 4 aromatic carbocycles. The van der Waals surface area contributed by atoms with E-state index in [1.807, 2.05) is 39.0 Å². The SMILES string of the molecule is COc1cc(C2Nc3ccc(CNC(=O)OC(C)(C)C)cc3[C@H]3c4ccccc4C[C@@H]23)c(-c2ccccc2C(=O)O)cc1O. The van der Waals surface area contributed by atoms with Gasteiger partial charge in [0.2, 0.25) is 0 Å². The Balaban J connectivity index is 1.45. The number of carboxylic acid groups (broad SMARTS) is 1. The number of aromatic hydroxyl groups is 1. The van der Waals surface area contributed by atoms with Gasteiger partial charge < -0.3 is 30.3 Å². The molecule has 1 unspecified atom stereocenters. The van der Waals surface area contributed by atoms with Gasteiger partial charge in [0, 0.05) is 18.2 Å². The highest BCUT2D eigenvalue weighted by Crippen LogP contribution is 2.55. The van der Waals surface area contributed by atoms with Crippen molar-refractivity contribution in [3.05, 3.63) is 112 Å². The fourth-order valence-electron chi connectivity index (χ4n) is 6.66. The number of fused-ring (bicyclic) bond motifs is 5. The number of carbonyl (C=O) groups is 2. The molecule has 1 heterocycles. The van der Waals surface area contributed by atoms with Crippen LogP contribution in [0.4, 0.5) is 10.5 Å². The summed E-state index contributed by atoms with van der Waals surface area (Å²) in [5.41, 5.74) is 7.14. The van der Waals surface area contributed by atoms with Crippen LogP contribution in [0.5, 0.6) is 11.5 Å². The lowest BCUT2D eigenvalue weighted by Crippen LogP contribution is -2.32. The van der Waals surface area contributed by atoms with Crippen molar-refractivity contribution in [3.63, 3.8) is 0 Å². The van der Waals surface area contributed by atoms with Crippen LogP contribution in [0.2, 0.25) is 0 Å². The summed E-state index contributed by atoms with van der Waals surface area (Å²) in [5, 5.41) is 27.5. The Bertz CT molecular complexity index is 1760. The van der Waals surface area contributed by atoms with Gasteiger partial charge in [0.15, 0.2) is 11.5 Å². The van der Waals surface area contributed by atoms with Crippen LogP contribution in [-0.2, 0) is 17.7 Å². The van der Waals surface area contributed by atoms with Crippen molar-refractivity contribution in [1.82, 2.24) is 5.32 Å². The number of phenols is 1. The molecule has 8 heteroatoms. The first-order chi connectivity index (χ1) is 21.0. The number of rotatable bonds is 6. The number of phenolic OH excluding ortho intramolecular Hbond substituents is 1. The minimum Gasteiger partial charge on any atom is -0.504 e. The van der Waals surface area contributed by atoms with Gasteiger partial charge in [-0.15, -0.1) is 0 Å². The van der Waals surface area contributed by atoms with Crippen molar-refractivity contribution in [2.24, 2.45) is 5.92 Å². The molecule has 0 spiro atoms. The predicted octanol–water partition coefficient (Wildman–Crippen LogP) is 7.26. The van der Waals surface area contributed by atoms with Crippen LogP contribution in [0, 0.1) is 5.92 Å². The molecule has 1 aliphatic carbocycles. The maximum Gasteiger partial charge on any atom is 0.407 e. The summed E-state index contributed by atoms with van der Waals surface area (Å²) in [6.07, 6.45) is 0.342. The third kappa shape index (κ3) is 5.43. The van der Waals surface area contributed by atoms with Gasteiger partial charge in [0.05, 0.1) is 18.7 Å². The van der Waals surface area contributed by atoms with E-state index in [-0.39, 0.29) is 29.2 Å². The van der Waals surface area contributed by atoms with Gasteiger partial charge in [-0.1, -0.05) is 54.6 Å². The summed E-state index contributed by atoms with van der Waals surface area (Å²) in [6, 6.07) is 24.7. The molecule has 0 fully saturated rings. The molecule has 6 rings (SSSR count). The van der Waals surface area contributed by atoms with Crippen LogP contribution in [-0.4, -0.2) is 35.0 Å². The third-order valence-electron chi connectivity index (χ3n) is 8.43. The number of nitrogens with one attached hydrogen (secondary N) is 2. The number of hydrogen-bond donors (Lipinski definition) is 4. The molecule has 0 saturated heterocycles. The summed E-state index contributed by atoms with van der Waals surface area (Å²) in [6.45, 7) is 5.83. The summed E-state index contributed by atoms with van der Waals surface area (Å²) in [4.78, 5) is 24.6. The van der Waals surface area contributed by atoms with Gasteiger partial charge in [0.25, 0.3) is 0 Å². The van der Waals surface area contributed by atoms with E-state index in [0.717, 1.165) is 28.8 Å². The number of carboxylic acids is 1. The van der Waals surface area contributed by atoms with Crippen molar-refractivity contribution in [2.75, 3.05) is 12.4 Å². The number of amides is 1. The largest absolute Gasteiger partial charge is 0.504 e. The number of anilines is 1. The Morgan fingerprint density at radius 2 is 1.68 bits per heavy atom. The number of aromatic carboxylic acids is 1. The molecule has 8 nitrogen and oxygen atoms in total. The van der Waals surface area contributed by atoms with Crippen molar-refractivity contribution in [2.45, 2.75) is 51.3 Å². The number of carbonyl (C=O) groups excluding carboxylic acids is 1. The van der Waals surface area contributed by atoms with Gasteiger partial charge in [-0.2, -0.15) is 0 Å². The van der Waals surface area contributed by atoms with Crippen LogP contribution < -0.4 is 15.4 Å². The monoisotopic (exact) mass is 592 g/mol. The van der Waals surface area contributed by atoms with Crippen molar-refractivity contribution in [3.8, 4) is 22.6 Å². The number of alkyl carbamates (subject to hydrolysis) is 1. The Morgan fingerprint density at radius 1 is 0.932 bits per heavy atom. The normalized spacial score (nSPS) is 18.3. The quantitative estimate of drug-likeness (QED) is 0.186. The molecule has 226 valence electrons. The second kappa shape index (κ2) is 11.3. The zero-order chi connectivity index (χ0) is 31.2. The van der Waals surface area contributed by atoms with E-state index in [1.165, 1.54) is 18.2 Å². The molecule has 4 aromatic rings. The molecule has 3 atom stereocenters. The van der Waals surface area contributed by atoms with E-state index >= 15 is 0 Å². The van der Waals surface area contributed by atoms with E-state index in [2.05, 4.69) is 41.0 Å². The minimum atomic E-state index is -1.04. The zero-order valence-electron chi connectivity index (χ0n) is 25.2. The smallest absolute Gasteiger partial charge is 0.407 e. The first-order valence-corrected chi connectivity index (χ1v) is 14.7. The fraction of sp³-hybridized carbons (Fsp3) is 0.278. The summed E-state index contributed by atoms with van der Waals surface area (Å²) in [5.74, 6) is -0.645. The highest BCUT2D eigenvalue weighted by molar-refractivity contribution is 5.97. The van der Waals surface area contributed by atoms with E-state index < -0.39 is 17.7 Å². The summed E-state index contributed by atoms with van der Waals surface area (Å²) < 4.78 is 11.0. The fourth-order valence-corrected chi connectivity index (χ4v) is 6.66. The maximum absolute atomic E-state index is 12.3. The Morgan fingerprint density at radius 3 is 2.43 bits per heavy atom. The minimum absolute atomic E-state index is 0.0521. The van der Waals surface area contributed by atoms with E-state index in [4.69, 9.17) is 9.47 Å². The van der Waals surface area contributed by atoms with Crippen molar-refractivity contribution >= 4 is 17.7 Å². The van der Waals surface area contributed by atoms with Gasteiger partial charge >= 0.3 is 12.1 Å². The third-order valence-corrected chi connectivity index (χ3v) is 8.43. The van der Waals surface area contributed by atoms with E-state index in [9.17, 15) is 19.8 Å². The zero-order valence-corrected chi connectivity index (χ0v) is 25.2. The van der Waals surface area contributed by atoms with Gasteiger partial charge in [-0.05, 0) is 96.3 Å². The van der Waals surface area contributed by atoms with E-state index in [0.29, 0.717) is 23.4 Å². The van der Waals surface area contributed by atoms with Crippen molar-refractivity contribution < 1.29 is 29.3 Å². The summed E-state index contributed by atoms with van der Waals surface area (Å²) >= 11 is 0. The molecule has 44 heavy (non-hydrogen) atoms. The van der Waals surface area contributed by atoms with Gasteiger partial charge in [0.1, 0.15) is 5.60 Å². The maximum atomic E-state index is 12.3. The molecule has 0 aromatic heterocycles. The van der Waals surface area contributed by atoms with Crippen LogP contribution in [0.1, 0.15) is 70.9 Å². The first-order valence-electron chi connectivity index (χ1n) is 14.7. The highest BCUT2D eigenvalue weighted by atomic mass is 16.6. The lowest BCUT2D eigenvalue weighted by molar-refractivity contribution is 0.0523. The molecule has 1 amide bonds. The first kappa shape index (κ1) is 29.1. The second-order valence-corrected chi connectivity index (χ2v) is 12.4. The molecular formula is C36H36N2O6. The molecule has 0 saturated carbocycles. The van der Waals surface area contributed by atoms with Gasteiger partial charge in [-0.3, -0.25) is 0 Å². The average molecular weight is 593 g/mol. The Labute approximate surface area is 256 Å². The average Bonchev–Trinajstić information content (AvgIpc) is 3.39. The standard InChI is InChI=1S/C36H36N2O6/c1-36(2,3)44-35(42)37-19-20-13-14-29-27(15-20)32-22-10-6-5-9-21(22)16-28(32)33(38-29)26-18-31(43-4)30(39)17-25(26)23-11-7-8-12-24(23)34(40)41/h5-15,17-18,28,32-33,38-39H,16,19H2,1-4H3,(H,37,42)(H,40,41)/t28-,32-,33?/m1/s1. The predicted molar refractivity (Wildman–Crippen MR) is 168 cm³/mol. The number of methoxy groups -OCH3 is 1. The van der Waals surface area contributed by atoms with Gasteiger partial charge in [-0.25, -0.2) is 9.59 Å². The number of ether oxygens (including phenoxy) is 2. The molecular weight excluding hydrogens is 556 g/mol. The molecule has 0 bridgehead atoms. The molecule has 4 N–H and O–H groups in total.